The quantitative estimate of drug-likeness (QED) is 0.308. The molecule has 0 bridgehead atoms. The molecule has 0 saturated heterocycles. The topological polar surface area (TPSA) is 24.7 Å². The molecular weight excluding hydrogens is 474 g/mol. The van der Waals surface area contributed by atoms with E-state index >= 15 is 0 Å². The van der Waals surface area contributed by atoms with Gasteiger partial charge >= 0.3 is 0 Å². The highest BCUT2D eigenvalue weighted by molar-refractivity contribution is 15.0. The van der Waals surface area contributed by atoms with Gasteiger partial charge in [-0.25, -0.2) is 0 Å². The molecule has 20 heavy (non-hydrogen) atoms. The van der Waals surface area contributed by atoms with Crippen molar-refractivity contribution in [2.45, 2.75) is 13.8 Å². The predicted molar refractivity (Wildman–Crippen MR) is 106 cm³/mol. The van der Waals surface area contributed by atoms with Crippen LogP contribution in [0.1, 0.15) is 22.3 Å². The lowest BCUT2D eigenvalue weighted by Crippen LogP contribution is -1.82. The minimum atomic E-state index is 1.06. The Hall–Kier alpha value is -0.760. The highest BCUT2D eigenvalue weighted by atomic mass is 128. The molecule has 0 aromatic heterocycles. The lowest BCUT2D eigenvalue weighted by Gasteiger charge is -1.93. The van der Waals surface area contributed by atoms with Crippen LogP contribution in [0.4, 0.5) is 0 Å². The van der Waals surface area contributed by atoms with Crippen LogP contribution in [0, 0.1) is 13.8 Å². The number of aryl methyl sites for hydroxylation is 2. The second-order valence-corrected chi connectivity index (χ2v) is 4.31. The van der Waals surface area contributed by atoms with E-state index < -0.39 is 0 Å². The molecule has 0 saturated carbocycles. The van der Waals surface area contributed by atoms with Crippen LogP contribution in [0.2, 0.25) is 0 Å². The average molecular weight is 490 g/mol. The van der Waals surface area contributed by atoms with Gasteiger partial charge in [-0.15, -0.1) is 0 Å². The summed E-state index contributed by atoms with van der Waals surface area (Å²) in [6, 6.07) is 16.4. The third-order valence-corrected chi connectivity index (χ3v) is 2.63. The number of halogens is 2. The number of rotatable bonds is 3. The summed E-state index contributed by atoms with van der Waals surface area (Å²) in [5.41, 5.74) is 4.61. The van der Waals surface area contributed by atoms with Crippen molar-refractivity contribution in [1.29, 1.82) is 0 Å². The summed E-state index contributed by atoms with van der Waals surface area (Å²) in [5, 5.41) is 8.07. The SMILES string of the molecule is Cc1ccc(C=NN=Cc2ccc(C)cc2)cc1.II. The maximum Gasteiger partial charge on any atom is 0.0568 e. The molecule has 2 aromatic rings. The highest BCUT2D eigenvalue weighted by Gasteiger charge is 1.87. The molecule has 0 aliphatic rings. The van der Waals surface area contributed by atoms with E-state index in [0.29, 0.717) is 0 Å². The van der Waals surface area contributed by atoms with Crippen LogP contribution in [-0.4, -0.2) is 12.4 Å². The molecule has 0 fully saturated rings. The maximum absolute atomic E-state index is 4.03. The van der Waals surface area contributed by atoms with Gasteiger partial charge in [0.1, 0.15) is 0 Å². The van der Waals surface area contributed by atoms with E-state index in [2.05, 4.69) is 85.5 Å². The molecule has 0 aliphatic heterocycles. The number of hydrogen-bond donors (Lipinski definition) is 0. The van der Waals surface area contributed by atoms with Gasteiger partial charge in [-0.2, -0.15) is 10.2 Å². The third-order valence-electron chi connectivity index (χ3n) is 2.63. The molecule has 0 unspecified atom stereocenters. The fourth-order valence-electron chi connectivity index (χ4n) is 1.51. The molecule has 104 valence electrons. The molecule has 2 rings (SSSR count). The first-order chi connectivity index (χ1) is 9.74. The first kappa shape index (κ1) is 17.3. The summed E-state index contributed by atoms with van der Waals surface area (Å²) in [6.07, 6.45) is 3.51. The van der Waals surface area contributed by atoms with Gasteiger partial charge < -0.3 is 0 Å². The Kier molecular flexibility index (Phi) is 8.68. The molecule has 0 N–H and O–H groups in total. The Morgan fingerprint density at radius 3 is 1.25 bits per heavy atom. The van der Waals surface area contributed by atoms with Crippen LogP contribution in [0.25, 0.3) is 0 Å². The van der Waals surface area contributed by atoms with Gasteiger partial charge in [0.25, 0.3) is 0 Å². The maximum atomic E-state index is 4.03. The van der Waals surface area contributed by atoms with Crippen LogP contribution < -0.4 is 0 Å². The van der Waals surface area contributed by atoms with Crippen LogP contribution >= 0.6 is 37.2 Å². The van der Waals surface area contributed by atoms with Crippen molar-refractivity contribution in [3.63, 3.8) is 0 Å². The van der Waals surface area contributed by atoms with Crippen LogP contribution in [0.15, 0.2) is 58.7 Å². The minimum absolute atomic E-state index is 1.06. The van der Waals surface area contributed by atoms with Crippen molar-refractivity contribution >= 4 is 49.7 Å². The summed E-state index contributed by atoms with van der Waals surface area (Å²) >= 11 is 4.24. The van der Waals surface area contributed by atoms with Gasteiger partial charge in [-0.05, 0) is 25.0 Å². The predicted octanol–water partition coefficient (Wildman–Crippen LogP) is 5.53. The molecular formula is C16H16I2N2. The van der Waals surface area contributed by atoms with Gasteiger partial charge in [0.05, 0.1) is 12.4 Å². The lowest BCUT2D eigenvalue weighted by atomic mass is 10.2. The van der Waals surface area contributed by atoms with Crippen molar-refractivity contribution in [2.24, 2.45) is 10.2 Å². The van der Waals surface area contributed by atoms with Gasteiger partial charge in [0, 0.05) is 37.2 Å². The number of benzene rings is 2. The van der Waals surface area contributed by atoms with E-state index in [0.717, 1.165) is 11.1 Å². The van der Waals surface area contributed by atoms with E-state index in [4.69, 9.17) is 0 Å². The standard InChI is InChI=1S/C16H16N2.I2/c1-13-3-7-15(8-4-13)11-17-18-12-16-9-5-14(2)6-10-16;1-2/h3-12H,1-2H3;. The fraction of sp³-hybridized carbons (Fsp3) is 0.125. The monoisotopic (exact) mass is 490 g/mol. The van der Waals surface area contributed by atoms with E-state index in [1.807, 2.05) is 24.3 Å². The molecule has 0 heterocycles. The first-order valence-corrected chi connectivity index (χ1v) is 12.4. The zero-order valence-electron chi connectivity index (χ0n) is 11.4. The summed E-state index contributed by atoms with van der Waals surface area (Å²) in [4.78, 5) is 0. The van der Waals surface area contributed by atoms with Crippen molar-refractivity contribution < 1.29 is 0 Å². The van der Waals surface area contributed by atoms with E-state index in [9.17, 15) is 0 Å². The second kappa shape index (κ2) is 10.0. The molecule has 0 aliphatic carbocycles. The largest absolute Gasteiger partial charge is 0.159 e. The van der Waals surface area contributed by atoms with Gasteiger partial charge in [0.15, 0.2) is 0 Å². The number of hydrogen-bond acceptors (Lipinski definition) is 2. The Bertz CT molecular complexity index is 505. The molecule has 0 spiro atoms. The summed E-state index contributed by atoms with van der Waals surface area (Å²) in [5.74, 6) is 0. The Morgan fingerprint density at radius 1 is 0.650 bits per heavy atom. The van der Waals surface area contributed by atoms with E-state index in [-0.39, 0.29) is 0 Å². The lowest BCUT2D eigenvalue weighted by molar-refractivity contribution is 1.26. The molecule has 0 radical (unpaired) electrons. The zero-order chi connectivity index (χ0) is 14.8. The van der Waals surface area contributed by atoms with Crippen LogP contribution in [0.5, 0.6) is 0 Å². The first-order valence-electron chi connectivity index (χ1n) is 6.08. The van der Waals surface area contributed by atoms with Crippen molar-refractivity contribution in [3.05, 3.63) is 70.8 Å². The zero-order valence-corrected chi connectivity index (χ0v) is 15.7. The summed E-state index contributed by atoms with van der Waals surface area (Å²) < 4.78 is 0. The number of nitrogens with zero attached hydrogens (tertiary/aromatic N) is 2. The minimum Gasteiger partial charge on any atom is -0.159 e. The Morgan fingerprint density at radius 2 is 0.950 bits per heavy atom. The Balaban J connectivity index is 0.000000956. The fourth-order valence-corrected chi connectivity index (χ4v) is 1.51. The molecule has 2 aromatic carbocycles. The normalized spacial score (nSPS) is 10.6. The molecule has 2 nitrogen and oxygen atoms in total. The molecule has 0 amide bonds. The van der Waals surface area contributed by atoms with Gasteiger partial charge in [-0.3, -0.25) is 0 Å². The molecule has 4 heteroatoms. The van der Waals surface area contributed by atoms with Crippen molar-refractivity contribution in [2.75, 3.05) is 0 Å². The molecule has 0 atom stereocenters. The smallest absolute Gasteiger partial charge is 0.0568 e. The van der Waals surface area contributed by atoms with Gasteiger partial charge in [-0.1, -0.05) is 59.7 Å². The van der Waals surface area contributed by atoms with Crippen LogP contribution in [0.3, 0.4) is 0 Å². The van der Waals surface area contributed by atoms with E-state index in [1.54, 1.807) is 12.4 Å². The van der Waals surface area contributed by atoms with Gasteiger partial charge in [0.2, 0.25) is 0 Å². The van der Waals surface area contributed by atoms with Crippen LogP contribution in [-0.2, 0) is 0 Å². The summed E-state index contributed by atoms with van der Waals surface area (Å²) in [6.45, 7) is 4.13. The van der Waals surface area contributed by atoms with Crippen molar-refractivity contribution in [3.8, 4) is 0 Å². The third kappa shape index (κ3) is 6.60. The van der Waals surface area contributed by atoms with E-state index in [1.165, 1.54) is 11.1 Å². The van der Waals surface area contributed by atoms with Crippen molar-refractivity contribution in [1.82, 2.24) is 0 Å². The summed E-state index contributed by atoms with van der Waals surface area (Å²) in [7, 11) is 0. The average Bonchev–Trinajstić information content (AvgIpc) is 2.49. The highest BCUT2D eigenvalue weighted by Crippen LogP contribution is 2.01. The second-order valence-electron chi connectivity index (χ2n) is 4.31. The Labute approximate surface area is 143 Å².